The first kappa shape index (κ1) is 29.3. The minimum Gasteiger partial charge on any atom is -0.466 e. The van der Waals surface area contributed by atoms with E-state index in [0.717, 1.165) is 56.7 Å². The first-order valence-electron chi connectivity index (χ1n) is 11.4. The molecule has 1 heterocycles. The zero-order valence-corrected chi connectivity index (χ0v) is 21.5. The van der Waals surface area contributed by atoms with Gasteiger partial charge in [0.05, 0.1) is 35.7 Å². The molecule has 0 aromatic heterocycles. The number of esters is 2. The van der Waals surface area contributed by atoms with Crippen LogP contribution in [0.5, 0.6) is 0 Å². The van der Waals surface area contributed by atoms with Crippen molar-refractivity contribution in [2.24, 2.45) is 0 Å². The van der Waals surface area contributed by atoms with Crippen molar-refractivity contribution in [2.75, 3.05) is 19.0 Å². The van der Waals surface area contributed by atoms with E-state index in [1.807, 2.05) is 0 Å². The van der Waals surface area contributed by atoms with E-state index < -0.39 is 45.9 Å². The molecule has 8 nitrogen and oxygen atoms in total. The SMILES string of the molecule is COC(=O)C1=C(C(F)(F)F)NC(C)=C(C(=O)OCCCCCCCCBr)C1c1cccc([N+](=O)[O-])c1. The number of dihydropyridines is 1. The lowest BCUT2D eigenvalue weighted by Crippen LogP contribution is -2.38. The van der Waals surface area contributed by atoms with Gasteiger partial charge < -0.3 is 14.8 Å². The fourth-order valence-electron chi connectivity index (χ4n) is 3.95. The van der Waals surface area contributed by atoms with Crippen molar-refractivity contribution in [3.05, 3.63) is 62.5 Å². The van der Waals surface area contributed by atoms with Gasteiger partial charge in [0, 0.05) is 23.2 Å². The number of nitro benzene ring substituents is 1. The van der Waals surface area contributed by atoms with Gasteiger partial charge in [-0.05, 0) is 25.3 Å². The van der Waals surface area contributed by atoms with Crippen molar-refractivity contribution in [3.8, 4) is 0 Å². The monoisotopic (exact) mass is 576 g/mol. The minimum absolute atomic E-state index is 0.0408. The van der Waals surface area contributed by atoms with Crippen LogP contribution in [0.1, 0.15) is 56.9 Å². The lowest BCUT2D eigenvalue weighted by Gasteiger charge is -2.31. The highest BCUT2D eigenvalue weighted by atomic mass is 79.9. The number of alkyl halides is 4. The number of nitro groups is 1. The fourth-order valence-corrected chi connectivity index (χ4v) is 4.35. The number of unbranched alkanes of at least 4 members (excludes halogenated alkanes) is 5. The van der Waals surface area contributed by atoms with Crippen LogP contribution < -0.4 is 5.32 Å². The topological polar surface area (TPSA) is 108 Å². The van der Waals surface area contributed by atoms with Gasteiger partial charge in [-0.1, -0.05) is 53.7 Å². The van der Waals surface area contributed by atoms with Crippen LogP contribution in [0.25, 0.3) is 0 Å². The number of nitrogens with zero attached hydrogens (tertiary/aromatic N) is 1. The van der Waals surface area contributed by atoms with E-state index in [1.165, 1.54) is 19.1 Å². The van der Waals surface area contributed by atoms with Crippen molar-refractivity contribution in [3.63, 3.8) is 0 Å². The molecule has 198 valence electrons. The van der Waals surface area contributed by atoms with Gasteiger partial charge in [-0.15, -0.1) is 0 Å². The summed E-state index contributed by atoms with van der Waals surface area (Å²) in [5.74, 6) is -3.84. The summed E-state index contributed by atoms with van der Waals surface area (Å²) in [6.07, 6.45) is 0.529. The highest BCUT2D eigenvalue weighted by molar-refractivity contribution is 9.09. The molecule has 0 radical (unpaired) electrons. The van der Waals surface area contributed by atoms with E-state index in [2.05, 4.69) is 26.0 Å². The van der Waals surface area contributed by atoms with Crippen LogP contribution in [0, 0.1) is 10.1 Å². The Morgan fingerprint density at radius 3 is 2.31 bits per heavy atom. The van der Waals surface area contributed by atoms with Crippen LogP contribution in [0.2, 0.25) is 0 Å². The summed E-state index contributed by atoms with van der Waals surface area (Å²) in [5, 5.41) is 14.4. The third-order valence-electron chi connectivity index (χ3n) is 5.65. The number of allylic oxidation sites excluding steroid dienone is 2. The van der Waals surface area contributed by atoms with E-state index in [4.69, 9.17) is 4.74 Å². The predicted molar refractivity (Wildman–Crippen MR) is 129 cm³/mol. The number of benzene rings is 1. The molecule has 1 atom stereocenters. The molecule has 0 aliphatic carbocycles. The Balaban J connectivity index is 2.40. The van der Waals surface area contributed by atoms with E-state index >= 15 is 0 Å². The summed E-state index contributed by atoms with van der Waals surface area (Å²) in [6, 6.07) is 4.77. The number of nitrogens with one attached hydrogen (secondary N) is 1. The number of carbonyl (C=O) groups excluding carboxylic acids is 2. The average Bonchev–Trinajstić information content (AvgIpc) is 2.83. The van der Waals surface area contributed by atoms with Gasteiger partial charge in [-0.25, -0.2) is 9.59 Å². The number of hydrogen-bond donors (Lipinski definition) is 1. The first-order valence-corrected chi connectivity index (χ1v) is 12.5. The standard InChI is InChI=1S/C24H28BrF3N2O6/c1-15-18(23(32)36-13-8-6-4-3-5-7-12-25)19(16-10-9-11-17(14-16)30(33)34)20(22(31)35-2)21(29-15)24(26,27)28/h9-11,14,19,29H,3-8,12-13H2,1-2H3. The molecule has 0 saturated heterocycles. The molecule has 1 aliphatic heterocycles. The molecule has 0 spiro atoms. The molecule has 12 heteroatoms. The van der Waals surface area contributed by atoms with Crippen LogP contribution >= 0.6 is 15.9 Å². The number of hydrogen-bond acceptors (Lipinski definition) is 7. The second kappa shape index (κ2) is 13.4. The quantitative estimate of drug-likeness (QED) is 0.110. The Hall–Kier alpha value is -2.89. The summed E-state index contributed by atoms with van der Waals surface area (Å²) in [4.78, 5) is 36.2. The highest BCUT2D eigenvalue weighted by Crippen LogP contribution is 2.43. The third kappa shape index (κ3) is 7.55. The maximum Gasteiger partial charge on any atom is 0.431 e. The molecule has 0 amide bonds. The minimum atomic E-state index is -4.99. The molecule has 2 rings (SSSR count). The summed E-state index contributed by atoms with van der Waals surface area (Å²) in [6.45, 7) is 1.30. The van der Waals surface area contributed by atoms with Crippen LogP contribution in [0.4, 0.5) is 18.9 Å². The Morgan fingerprint density at radius 1 is 1.08 bits per heavy atom. The van der Waals surface area contributed by atoms with Crippen LogP contribution in [0.3, 0.4) is 0 Å². The molecule has 0 fully saturated rings. The second-order valence-electron chi connectivity index (χ2n) is 8.17. The Labute approximate surface area is 215 Å². The number of methoxy groups -OCH3 is 1. The van der Waals surface area contributed by atoms with E-state index in [-0.39, 0.29) is 23.4 Å². The van der Waals surface area contributed by atoms with Crippen LogP contribution in [0.15, 0.2) is 46.8 Å². The second-order valence-corrected chi connectivity index (χ2v) is 8.97. The van der Waals surface area contributed by atoms with E-state index in [9.17, 15) is 32.9 Å². The maximum atomic E-state index is 13.9. The predicted octanol–water partition coefficient (Wildman–Crippen LogP) is 5.82. The maximum absolute atomic E-state index is 13.9. The van der Waals surface area contributed by atoms with Gasteiger partial charge in [0.25, 0.3) is 5.69 Å². The number of non-ortho nitro benzene ring substituents is 1. The molecule has 36 heavy (non-hydrogen) atoms. The van der Waals surface area contributed by atoms with Crippen molar-refractivity contribution >= 4 is 33.6 Å². The molecule has 1 aromatic rings. The third-order valence-corrected chi connectivity index (χ3v) is 6.21. The Morgan fingerprint density at radius 2 is 1.72 bits per heavy atom. The summed E-state index contributed by atoms with van der Waals surface area (Å²) in [5.41, 5.74) is -3.16. The average molecular weight is 577 g/mol. The molecule has 0 saturated carbocycles. The largest absolute Gasteiger partial charge is 0.466 e. The zero-order chi connectivity index (χ0) is 26.9. The van der Waals surface area contributed by atoms with Gasteiger partial charge in [-0.2, -0.15) is 13.2 Å². The Bertz CT molecular complexity index is 1040. The molecular weight excluding hydrogens is 549 g/mol. The zero-order valence-electron chi connectivity index (χ0n) is 20.0. The molecule has 0 bridgehead atoms. The van der Waals surface area contributed by atoms with Crippen molar-refractivity contribution < 1.29 is 37.2 Å². The van der Waals surface area contributed by atoms with Crippen molar-refractivity contribution in [1.82, 2.24) is 5.32 Å². The van der Waals surface area contributed by atoms with Gasteiger partial charge in [-0.3, -0.25) is 10.1 Å². The number of rotatable bonds is 12. The molecule has 1 unspecified atom stereocenters. The molecular formula is C24H28BrF3N2O6. The summed E-state index contributed by atoms with van der Waals surface area (Å²) in [7, 11) is 0.912. The number of ether oxygens (including phenoxy) is 2. The first-order chi connectivity index (χ1) is 17.0. The van der Waals surface area contributed by atoms with Gasteiger partial charge in [0.15, 0.2) is 0 Å². The van der Waals surface area contributed by atoms with Gasteiger partial charge in [0.1, 0.15) is 5.70 Å². The van der Waals surface area contributed by atoms with Crippen LogP contribution in [-0.2, 0) is 19.1 Å². The number of halogens is 4. The van der Waals surface area contributed by atoms with Crippen LogP contribution in [-0.4, -0.2) is 42.1 Å². The van der Waals surface area contributed by atoms with Crippen molar-refractivity contribution in [1.29, 1.82) is 0 Å². The van der Waals surface area contributed by atoms with Gasteiger partial charge in [0.2, 0.25) is 0 Å². The smallest absolute Gasteiger partial charge is 0.431 e. The number of carbonyl (C=O) groups is 2. The molecule has 1 aliphatic rings. The lowest BCUT2D eigenvalue weighted by molar-refractivity contribution is -0.384. The summed E-state index contributed by atoms with van der Waals surface area (Å²) < 4.78 is 51.7. The molecule has 1 N–H and O–H groups in total. The van der Waals surface area contributed by atoms with E-state index in [0.29, 0.717) is 6.42 Å². The fraction of sp³-hybridized carbons (Fsp3) is 0.500. The Kier molecular flexibility index (Phi) is 10.9. The highest BCUT2D eigenvalue weighted by Gasteiger charge is 2.47. The van der Waals surface area contributed by atoms with E-state index in [1.54, 1.807) is 0 Å². The summed E-state index contributed by atoms with van der Waals surface area (Å²) >= 11 is 3.37. The van der Waals surface area contributed by atoms with Crippen molar-refractivity contribution in [2.45, 2.75) is 57.5 Å². The van der Waals surface area contributed by atoms with Gasteiger partial charge >= 0.3 is 18.1 Å². The molecule has 1 aromatic carbocycles. The lowest BCUT2D eigenvalue weighted by atomic mass is 9.80. The normalized spacial score (nSPS) is 16.0.